The van der Waals surface area contributed by atoms with Gasteiger partial charge in [-0.2, -0.15) is 13.2 Å². The molecule has 0 amide bonds. The van der Waals surface area contributed by atoms with E-state index in [-0.39, 0.29) is 34.8 Å². The second kappa shape index (κ2) is 7.38. The van der Waals surface area contributed by atoms with Gasteiger partial charge in [0.1, 0.15) is 5.82 Å². The highest BCUT2D eigenvalue weighted by Crippen LogP contribution is 2.37. The fourth-order valence-corrected chi connectivity index (χ4v) is 3.61. The summed E-state index contributed by atoms with van der Waals surface area (Å²) in [5.41, 5.74) is -1.92. The fraction of sp³-hybridized carbons (Fsp3) is 0.100. The molecule has 5 rings (SSSR count). The number of halogens is 4. The van der Waals surface area contributed by atoms with Crippen LogP contribution in [0.15, 0.2) is 58.3 Å². The molecule has 0 aliphatic heterocycles. The van der Waals surface area contributed by atoms with Crippen molar-refractivity contribution in [2.24, 2.45) is 0 Å². The molecule has 0 aliphatic rings. The Labute approximate surface area is 182 Å². The van der Waals surface area contributed by atoms with E-state index in [4.69, 9.17) is 0 Å². The van der Waals surface area contributed by atoms with E-state index in [1.807, 2.05) is 0 Å². The largest absolute Gasteiger partial charge is 0.418 e. The van der Waals surface area contributed by atoms with Crippen LogP contribution in [0.3, 0.4) is 0 Å². The van der Waals surface area contributed by atoms with Gasteiger partial charge in [0, 0.05) is 11.8 Å². The maximum absolute atomic E-state index is 14.0. The summed E-state index contributed by atoms with van der Waals surface area (Å²) in [6, 6.07) is 10.8. The molecule has 3 aromatic heterocycles. The minimum absolute atomic E-state index is 0. The normalized spacial score (nSPS) is 11.8. The molecule has 12 heteroatoms. The summed E-state index contributed by atoms with van der Waals surface area (Å²) in [6.45, 7) is 1.67. The Bertz CT molecular complexity index is 1580. The van der Waals surface area contributed by atoms with Crippen molar-refractivity contribution in [3.63, 3.8) is 0 Å². The SMILES string of the molecule is Cc1cn(-c2cc3c(cc2C(F)(F)F)[nH]c(=O)c2n[nH]c(=O)n23)c(-c2ccccc2)n1.Cl. The summed E-state index contributed by atoms with van der Waals surface area (Å²) in [5.74, 6) is 0.308. The number of hydrogen-bond acceptors (Lipinski definition) is 4. The van der Waals surface area contributed by atoms with Crippen LogP contribution in [0.4, 0.5) is 13.2 Å². The summed E-state index contributed by atoms with van der Waals surface area (Å²) in [4.78, 5) is 31.1. The number of rotatable bonds is 2. The van der Waals surface area contributed by atoms with Crippen molar-refractivity contribution < 1.29 is 13.2 Å². The first-order valence-electron chi connectivity index (χ1n) is 9.10. The van der Waals surface area contributed by atoms with Crippen LogP contribution in [0.2, 0.25) is 0 Å². The Morgan fingerprint density at radius 2 is 1.78 bits per heavy atom. The van der Waals surface area contributed by atoms with E-state index in [1.54, 1.807) is 37.3 Å². The van der Waals surface area contributed by atoms with Crippen LogP contribution in [0, 0.1) is 6.92 Å². The lowest BCUT2D eigenvalue weighted by Crippen LogP contribution is -2.19. The molecule has 0 bridgehead atoms. The van der Waals surface area contributed by atoms with Crippen LogP contribution < -0.4 is 11.2 Å². The lowest BCUT2D eigenvalue weighted by atomic mass is 10.1. The third-order valence-electron chi connectivity index (χ3n) is 4.90. The van der Waals surface area contributed by atoms with Crippen LogP contribution in [0.5, 0.6) is 0 Å². The highest BCUT2D eigenvalue weighted by Gasteiger charge is 2.35. The molecule has 0 atom stereocenters. The molecule has 5 aromatic rings. The zero-order chi connectivity index (χ0) is 21.9. The molecule has 0 fully saturated rings. The molecule has 0 aliphatic carbocycles. The standard InChI is InChI=1S/C20H13F3N6O2.ClH/c1-10-9-28(16(24-10)11-5-3-2-4-6-11)14-8-15-13(7-12(14)20(21,22)23)25-18(30)17-26-27-19(31)29(15)17;/h2-9H,1H3,(H,25,30)(H,27,31);1H. The van der Waals surface area contributed by atoms with Crippen molar-refractivity contribution >= 4 is 29.1 Å². The third-order valence-corrected chi connectivity index (χ3v) is 4.90. The van der Waals surface area contributed by atoms with Gasteiger partial charge in [-0.1, -0.05) is 30.3 Å². The first-order valence-corrected chi connectivity index (χ1v) is 9.10. The summed E-state index contributed by atoms with van der Waals surface area (Å²) >= 11 is 0. The lowest BCUT2D eigenvalue weighted by Gasteiger charge is -2.17. The Hall–Kier alpha value is -3.86. The minimum atomic E-state index is -4.73. The molecule has 3 heterocycles. The number of aromatic amines is 2. The van der Waals surface area contributed by atoms with Gasteiger partial charge in [0.25, 0.3) is 5.56 Å². The van der Waals surface area contributed by atoms with E-state index in [9.17, 15) is 22.8 Å². The molecule has 8 nitrogen and oxygen atoms in total. The van der Waals surface area contributed by atoms with E-state index in [0.29, 0.717) is 17.1 Å². The number of benzene rings is 2. The van der Waals surface area contributed by atoms with Crippen molar-refractivity contribution in [3.8, 4) is 17.1 Å². The van der Waals surface area contributed by atoms with Crippen molar-refractivity contribution in [1.82, 2.24) is 29.1 Å². The monoisotopic (exact) mass is 462 g/mol. The van der Waals surface area contributed by atoms with Crippen molar-refractivity contribution in [2.75, 3.05) is 0 Å². The molecule has 0 spiro atoms. The number of H-pyrrole nitrogens is 2. The molecular formula is C20H14ClF3N6O2. The van der Waals surface area contributed by atoms with Gasteiger partial charge >= 0.3 is 11.9 Å². The summed E-state index contributed by atoms with van der Waals surface area (Å²) < 4.78 is 44.3. The quantitative estimate of drug-likeness (QED) is 0.419. The van der Waals surface area contributed by atoms with Gasteiger partial charge < -0.3 is 4.98 Å². The molecule has 0 saturated carbocycles. The Morgan fingerprint density at radius 1 is 1.06 bits per heavy atom. The third kappa shape index (κ3) is 3.26. The summed E-state index contributed by atoms with van der Waals surface area (Å²) in [6.07, 6.45) is -3.25. The van der Waals surface area contributed by atoms with Gasteiger partial charge in [0.05, 0.1) is 28.0 Å². The average Bonchev–Trinajstić information content (AvgIpc) is 3.31. The lowest BCUT2D eigenvalue weighted by molar-refractivity contribution is -0.137. The number of alkyl halides is 3. The van der Waals surface area contributed by atoms with Gasteiger partial charge in [-0.25, -0.2) is 19.3 Å². The molecule has 0 radical (unpaired) electrons. The van der Waals surface area contributed by atoms with Crippen LogP contribution in [0.25, 0.3) is 33.8 Å². The maximum Gasteiger partial charge on any atom is 0.418 e. The molecular weight excluding hydrogens is 449 g/mol. The molecule has 32 heavy (non-hydrogen) atoms. The van der Waals surface area contributed by atoms with Gasteiger partial charge in [0.2, 0.25) is 5.65 Å². The average molecular weight is 463 g/mol. The summed E-state index contributed by atoms with van der Waals surface area (Å²) in [5, 5.41) is 5.80. The van der Waals surface area contributed by atoms with E-state index in [0.717, 1.165) is 10.5 Å². The van der Waals surface area contributed by atoms with E-state index < -0.39 is 23.0 Å². The van der Waals surface area contributed by atoms with E-state index >= 15 is 0 Å². The van der Waals surface area contributed by atoms with E-state index in [1.165, 1.54) is 16.8 Å². The van der Waals surface area contributed by atoms with Crippen LogP contribution in [-0.4, -0.2) is 29.1 Å². The number of nitrogens with one attached hydrogen (secondary N) is 2. The first-order chi connectivity index (χ1) is 14.7. The highest BCUT2D eigenvalue weighted by atomic mass is 35.5. The topological polar surface area (TPSA) is 101 Å². The van der Waals surface area contributed by atoms with Crippen molar-refractivity contribution in [2.45, 2.75) is 13.1 Å². The fourth-order valence-electron chi connectivity index (χ4n) is 3.61. The van der Waals surface area contributed by atoms with Gasteiger partial charge in [-0.15, -0.1) is 17.5 Å². The first kappa shape index (κ1) is 21.4. The van der Waals surface area contributed by atoms with Gasteiger partial charge in [-0.3, -0.25) is 9.36 Å². The van der Waals surface area contributed by atoms with Crippen molar-refractivity contribution in [1.29, 1.82) is 0 Å². The zero-order valence-corrected chi connectivity index (χ0v) is 17.1. The molecule has 2 N–H and O–H groups in total. The number of aryl methyl sites for hydroxylation is 1. The predicted molar refractivity (Wildman–Crippen MR) is 113 cm³/mol. The summed E-state index contributed by atoms with van der Waals surface area (Å²) in [7, 11) is 0. The zero-order valence-electron chi connectivity index (χ0n) is 16.3. The minimum Gasteiger partial charge on any atom is -0.317 e. The van der Waals surface area contributed by atoms with E-state index in [2.05, 4.69) is 20.2 Å². The molecule has 164 valence electrons. The Kier molecular flexibility index (Phi) is 4.93. The maximum atomic E-state index is 14.0. The number of nitrogens with zero attached hydrogens (tertiary/aromatic N) is 4. The van der Waals surface area contributed by atoms with Gasteiger partial charge in [-0.05, 0) is 19.1 Å². The number of hydrogen-bond donors (Lipinski definition) is 2. The second-order valence-electron chi connectivity index (χ2n) is 6.97. The van der Waals surface area contributed by atoms with Crippen molar-refractivity contribution in [3.05, 3.63) is 80.8 Å². The highest BCUT2D eigenvalue weighted by molar-refractivity contribution is 5.85. The second-order valence-corrected chi connectivity index (χ2v) is 6.97. The van der Waals surface area contributed by atoms with Crippen LogP contribution in [0.1, 0.15) is 11.3 Å². The predicted octanol–water partition coefficient (Wildman–Crippen LogP) is 3.47. The van der Waals surface area contributed by atoms with Crippen LogP contribution in [-0.2, 0) is 6.18 Å². The number of fused-ring (bicyclic) bond motifs is 3. The molecule has 2 aromatic carbocycles. The van der Waals surface area contributed by atoms with Gasteiger partial charge in [0.15, 0.2) is 0 Å². The molecule has 0 saturated heterocycles. The molecule has 0 unspecified atom stereocenters. The number of aromatic nitrogens is 6. The van der Waals surface area contributed by atoms with Crippen LogP contribution >= 0.6 is 12.4 Å². The Morgan fingerprint density at radius 3 is 2.47 bits per heavy atom. The smallest absolute Gasteiger partial charge is 0.317 e. The number of imidazole rings is 1. The Balaban J connectivity index is 0.00000245.